The van der Waals surface area contributed by atoms with Gasteiger partial charge in [-0.1, -0.05) is 34.7 Å². The Hall–Kier alpha value is -3.39. The summed E-state index contributed by atoms with van der Waals surface area (Å²) >= 11 is 1.21. The van der Waals surface area contributed by atoms with Crippen molar-refractivity contribution < 1.29 is 32.6 Å². The molecule has 2 N–H and O–H groups in total. The largest absolute Gasteiger partial charge is 0.475 e. The minimum Gasteiger partial charge on any atom is -0.475 e. The van der Waals surface area contributed by atoms with E-state index in [0.29, 0.717) is 59.6 Å². The predicted octanol–water partition coefficient (Wildman–Crippen LogP) is 2.66. The summed E-state index contributed by atoms with van der Waals surface area (Å²) in [5.41, 5.74) is 0.995. The molecule has 1 aromatic carbocycles. The number of ether oxygens (including phenoxy) is 2. The van der Waals surface area contributed by atoms with Crippen molar-refractivity contribution in [2.75, 3.05) is 31.7 Å². The summed E-state index contributed by atoms with van der Waals surface area (Å²) < 4.78 is 35.8. The smallest absolute Gasteiger partial charge is 0.280 e. The number of aliphatic hydroxyl groups excluding tert-OH is 1. The maximum Gasteiger partial charge on any atom is 0.280 e. The number of oxime groups is 1. The summed E-state index contributed by atoms with van der Waals surface area (Å²) in [6.45, 7) is 0.937. The van der Waals surface area contributed by atoms with Crippen LogP contribution >= 0.6 is 11.3 Å². The van der Waals surface area contributed by atoms with Crippen molar-refractivity contribution >= 4 is 37.9 Å². The van der Waals surface area contributed by atoms with Crippen LogP contribution in [0.2, 0.25) is 0 Å². The molecule has 3 aromatic rings. The molecule has 1 amide bonds. The molecule has 13 heteroatoms. The molecule has 11 nitrogen and oxygen atoms in total. The molecule has 5 rings (SSSR count). The van der Waals surface area contributed by atoms with Crippen LogP contribution in [0.3, 0.4) is 0 Å². The topological polar surface area (TPSA) is 149 Å². The molecule has 0 radical (unpaired) electrons. The number of aromatic nitrogens is 2. The molecule has 1 aliphatic carbocycles. The minimum atomic E-state index is -3.36. The first-order chi connectivity index (χ1) is 18.4. The molecular formula is C25H26N4O7S2. The average Bonchev–Trinajstić information content (AvgIpc) is 3.48. The lowest BCUT2D eigenvalue weighted by molar-refractivity contribution is -0.110. The number of sulfone groups is 1. The van der Waals surface area contributed by atoms with Crippen LogP contribution in [0.25, 0.3) is 10.6 Å². The van der Waals surface area contributed by atoms with E-state index >= 15 is 0 Å². The summed E-state index contributed by atoms with van der Waals surface area (Å²) in [7, 11) is -3.36. The number of rotatable bonds is 11. The lowest BCUT2D eigenvalue weighted by atomic mass is 10.1. The number of benzene rings is 1. The van der Waals surface area contributed by atoms with E-state index in [1.54, 1.807) is 36.5 Å². The maximum absolute atomic E-state index is 13.3. The second-order valence-electron chi connectivity index (χ2n) is 8.72. The molecule has 0 bridgehead atoms. The van der Waals surface area contributed by atoms with E-state index in [4.69, 9.17) is 19.4 Å². The Morgan fingerprint density at radius 1 is 1.18 bits per heavy atom. The third-order valence-corrected chi connectivity index (χ3v) is 9.07. The molecule has 2 aromatic heterocycles. The summed E-state index contributed by atoms with van der Waals surface area (Å²) in [6.07, 6.45) is 3.30. The number of nitrogens with zero attached hydrogens (tertiary/aromatic N) is 3. The highest BCUT2D eigenvalue weighted by Gasteiger charge is 2.36. The molecule has 1 saturated carbocycles. The predicted molar refractivity (Wildman–Crippen MR) is 140 cm³/mol. The highest BCUT2D eigenvalue weighted by atomic mass is 32.2. The quantitative estimate of drug-likeness (QED) is 0.267. The molecule has 1 atom stereocenters. The van der Waals surface area contributed by atoms with Crippen molar-refractivity contribution in [2.24, 2.45) is 5.16 Å². The van der Waals surface area contributed by atoms with Gasteiger partial charge in [0.05, 0.1) is 40.5 Å². The van der Waals surface area contributed by atoms with E-state index in [0.717, 1.165) is 0 Å². The minimum absolute atomic E-state index is 0.0125. The van der Waals surface area contributed by atoms with E-state index in [1.165, 1.54) is 23.5 Å². The number of aliphatic hydroxyl groups is 1. The molecule has 200 valence electrons. The van der Waals surface area contributed by atoms with Crippen LogP contribution < -0.4 is 10.1 Å². The number of thiazole rings is 1. The van der Waals surface area contributed by atoms with E-state index in [1.807, 2.05) is 0 Å². The Labute approximate surface area is 223 Å². The van der Waals surface area contributed by atoms with Gasteiger partial charge in [-0.15, -0.1) is 0 Å². The molecule has 2 aliphatic rings. The summed E-state index contributed by atoms with van der Waals surface area (Å²) in [5, 5.41) is 15.8. The van der Waals surface area contributed by atoms with Crippen molar-refractivity contribution in [1.29, 1.82) is 0 Å². The average molecular weight is 559 g/mol. The van der Waals surface area contributed by atoms with Gasteiger partial charge in [0, 0.05) is 24.2 Å². The van der Waals surface area contributed by atoms with Crippen LogP contribution in [-0.2, 0) is 24.2 Å². The second kappa shape index (κ2) is 11.6. The Morgan fingerprint density at radius 2 is 2.00 bits per heavy atom. The lowest BCUT2D eigenvalue weighted by Gasteiger charge is -2.10. The highest BCUT2D eigenvalue weighted by molar-refractivity contribution is 7.92. The van der Waals surface area contributed by atoms with Gasteiger partial charge in [0.15, 0.2) is 26.8 Å². The highest BCUT2D eigenvalue weighted by Crippen LogP contribution is 2.33. The van der Waals surface area contributed by atoms with E-state index in [9.17, 15) is 13.2 Å². The fraction of sp³-hybridized carbons (Fsp3) is 0.360. The number of anilines is 1. The summed E-state index contributed by atoms with van der Waals surface area (Å²) in [6, 6.07) is 11.3. The van der Waals surface area contributed by atoms with Crippen LogP contribution in [-0.4, -0.2) is 72.9 Å². The summed E-state index contributed by atoms with van der Waals surface area (Å²) in [4.78, 5) is 28.4. The standard InChI is InChI=1S/C25H26N4O7S2/c30-11-13-35-22-3-1-2-20(27-22)21-14-26-25(37-21)28-24(31)23(29-36-17-10-12-34-15-17)16-4-6-18(7-5-16)38(32,33)19-8-9-19/h1-7,14,17,19,30H,8-13,15H2,(H,26,28,31)/b29-23+/t17-/m1/s1. The number of carbonyl (C=O) groups excluding carboxylic acids is 1. The Bertz CT molecular complexity index is 1410. The molecule has 2 fully saturated rings. The molecule has 0 spiro atoms. The SMILES string of the molecule is O=C(Nc1ncc(-c2cccc(OCCO)n2)s1)/C(=N/O[C@@H]1CCOC1)c1ccc(S(=O)(=O)C2CC2)cc1. The third kappa shape index (κ3) is 6.18. The fourth-order valence-corrected chi connectivity index (χ4v) is 6.15. The van der Waals surface area contributed by atoms with Crippen LogP contribution in [0.4, 0.5) is 5.13 Å². The van der Waals surface area contributed by atoms with Crippen molar-refractivity contribution in [1.82, 2.24) is 9.97 Å². The Morgan fingerprint density at radius 3 is 2.71 bits per heavy atom. The zero-order chi connectivity index (χ0) is 26.5. The monoisotopic (exact) mass is 558 g/mol. The molecule has 38 heavy (non-hydrogen) atoms. The molecule has 1 aliphatic heterocycles. The van der Waals surface area contributed by atoms with Gasteiger partial charge in [-0.2, -0.15) is 0 Å². The molecule has 3 heterocycles. The molecule has 1 saturated heterocycles. The number of hydrogen-bond acceptors (Lipinski definition) is 11. The number of hydrogen-bond donors (Lipinski definition) is 2. The number of carbonyl (C=O) groups is 1. The van der Waals surface area contributed by atoms with Crippen molar-refractivity contribution in [3.63, 3.8) is 0 Å². The van der Waals surface area contributed by atoms with Gasteiger partial charge >= 0.3 is 0 Å². The Balaban J connectivity index is 1.34. The maximum atomic E-state index is 13.3. The van der Waals surface area contributed by atoms with E-state index in [-0.39, 0.29) is 35.2 Å². The number of nitrogens with one attached hydrogen (secondary N) is 1. The summed E-state index contributed by atoms with van der Waals surface area (Å²) in [5.74, 6) is -0.194. The fourth-order valence-electron chi connectivity index (χ4n) is 3.71. The first-order valence-electron chi connectivity index (χ1n) is 12.1. The van der Waals surface area contributed by atoms with Crippen LogP contribution in [0.1, 0.15) is 24.8 Å². The van der Waals surface area contributed by atoms with Crippen LogP contribution in [0, 0.1) is 0 Å². The third-order valence-electron chi connectivity index (χ3n) is 5.86. The van der Waals surface area contributed by atoms with Gasteiger partial charge in [0.2, 0.25) is 5.88 Å². The van der Waals surface area contributed by atoms with Gasteiger partial charge in [0.25, 0.3) is 5.91 Å². The van der Waals surface area contributed by atoms with Gasteiger partial charge in [-0.25, -0.2) is 18.4 Å². The Kier molecular flexibility index (Phi) is 7.98. The van der Waals surface area contributed by atoms with Crippen molar-refractivity contribution in [2.45, 2.75) is 35.5 Å². The van der Waals surface area contributed by atoms with Crippen molar-refractivity contribution in [3.8, 4) is 16.5 Å². The second-order valence-corrected chi connectivity index (χ2v) is 12.0. The molecule has 0 unspecified atom stereocenters. The van der Waals surface area contributed by atoms with Gasteiger partial charge in [-0.05, 0) is 31.0 Å². The van der Waals surface area contributed by atoms with Gasteiger partial charge < -0.3 is 19.4 Å². The zero-order valence-electron chi connectivity index (χ0n) is 20.3. The first-order valence-corrected chi connectivity index (χ1v) is 14.4. The van der Waals surface area contributed by atoms with Gasteiger partial charge in [0.1, 0.15) is 6.61 Å². The zero-order valence-corrected chi connectivity index (χ0v) is 21.9. The normalized spacial score (nSPS) is 17.8. The van der Waals surface area contributed by atoms with Crippen molar-refractivity contribution in [3.05, 3.63) is 54.2 Å². The van der Waals surface area contributed by atoms with E-state index in [2.05, 4.69) is 20.4 Å². The van der Waals surface area contributed by atoms with Gasteiger partial charge in [-0.3, -0.25) is 10.1 Å². The molecular weight excluding hydrogens is 532 g/mol. The lowest BCUT2D eigenvalue weighted by Crippen LogP contribution is -2.25. The number of amides is 1. The van der Waals surface area contributed by atoms with E-state index < -0.39 is 15.7 Å². The van der Waals surface area contributed by atoms with Crippen LogP contribution in [0.5, 0.6) is 5.88 Å². The number of pyridine rings is 1. The first kappa shape index (κ1) is 26.2. The van der Waals surface area contributed by atoms with Crippen LogP contribution in [0.15, 0.2) is 58.7 Å².